The molecule has 4 heteroatoms. The predicted molar refractivity (Wildman–Crippen MR) is 75.7 cm³/mol. The summed E-state index contributed by atoms with van der Waals surface area (Å²) >= 11 is 0. The SMILES string of the molecule is CCC(C)N(C)CCNC(C)C(=O)N1CCCC1. The third-order valence-corrected chi connectivity index (χ3v) is 4.05. The Morgan fingerprint density at radius 3 is 2.50 bits per heavy atom. The molecule has 1 amide bonds. The Balaban J connectivity index is 2.20. The third kappa shape index (κ3) is 4.58. The number of likely N-dealkylation sites (N-methyl/N-ethyl adjacent to an activating group) is 1. The van der Waals surface area contributed by atoms with Crippen molar-refractivity contribution in [1.29, 1.82) is 0 Å². The number of likely N-dealkylation sites (tertiary alicyclic amines) is 1. The lowest BCUT2D eigenvalue weighted by Crippen LogP contribution is -2.46. The van der Waals surface area contributed by atoms with Gasteiger partial charge in [-0.05, 0) is 40.2 Å². The van der Waals surface area contributed by atoms with Gasteiger partial charge < -0.3 is 15.1 Å². The van der Waals surface area contributed by atoms with Crippen LogP contribution in [0.5, 0.6) is 0 Å². The Morgan fingerprint density at radius 1 is 1.33 bits per heavy atom. The zero-order chi connectivity index (χ0) is 13.5. The van der Waals surface area contributed by atoms with E-state index in [-0.39, 0.29) is 11.9 Å². The summed E-state index contributed by atoms with van der Waals surface area (Å²) in [6.07, 6.45) is 3.49. The Kier molecular flexibility index (Phi) is 6.65. The minimum atomic E-state index is -0.0477. The maximum Gasteiger partial charge on any atom is 0.239 e. The lowest BCUT2D eigenvalue weighted by molar-refractivity contribution is -0.131. The molecule has 0 spiro atoms. The van der Waals surface area contributed by atoms with E-state index in [9.17, 15) is 4.79 Å². The molecule has 106 valence electrons. The summed E-state index contributed by atoms with van der Waals surface area (Å²) in [5.74, 6) is 0.263. The zero-order valence-corrected chi connectivity index (χ0v) is 12.4. The molecule has 0 aromatic carbocycles. The summed E-state index contributed by atoms with van der Waals surface area (Å²) < 4.78 is 0. The summed E-state index contributed by atoms with van der Waals surface area (Å²) in [6.45, 7) is 10.2. The van der Waals surface area contributed by atoms with Crippen LogP contribution in [-0.2, 0) is 4.79 Å². The second kappa shape index (κ2) is 7.74. The molecule has 0 aromatic heterocycles. The van der Waals surface area contributed by atoms with Crippen molar-refractivity contribution in [1.82, 2.24) is 15.1 Å². The van der Waals surface area contributed by atoms with Crippen LogP contribution in [0, 0.1) is 0 Å². The molecule has 0 aliphatic carbocycles. The van der Waals surface area contributed by atoms with Crippen LogP contribution in [0.2, 0.25) is 0 Å². The van der Waals surface area contributed by atoms with E-state index in [4.69, 9.17) is 0 Å². The summed E-state index contributed by atoms with van der Waals surface area (Å²) in [6, 6.07) is 0.560. The van der Waals surface area contributed by atoms with Gasteiger partial charge in [0, 0.05) is 32.2 Å². The van der Waals surface area contributed by atoms with Crippen molar-refractivity contribution in [3.63, 3.8) is 0 Å². The first-order valence-electron chi connectivity index (χ1n) is 7.28. The van der Waals surface area contributed by atoms with Gasteiger partial charge in [0.05, 0.1) is 6.04 Å². The van der Waals surface area contributed by atoms with E-state index in [1.165, 1.54) is 6.42 Å². The van der Waals surface area contributed by atoms with Gasteiger partial charge in [-0.15, -0.1) is 0 Å². The number of carbonyl (C=O) groups excluding carboxylic acids is 1. The number of hydrogen-bond acceptors (Lipinski definition) is 3. The van der Waals surface area contributed by atoms with Crippen molar-refractivity contribution in [3.8, 4) is 0 Å². The normalized spacial score (nSPS) is 19.3. The average Bonchev–Trinajstić information content (AvgIpc) is 2.90. The van der Waals surface area contributed by atoms with Gasteiger partial charge >= 0.3 is 0 Å². The number of carbonyl (C=O) groups is 1. The van der Waals surface area contributed by atoms with Crippen LogP contribution in [0.4, 0.5) is 0 Å². The Morgan fingerprint density at radius 2 is 1.94 bits per heavy atom. The van der Waals surface area contributed by atoms with Gasteiger partial charge in [0.25, 0.3) is 0 Å². The maximum absolute atomic E-state index is 12.1. The molecule has 1 saturated heterocycles. The molecule has 2 unspecified atom stereocenters. The van der Waals surface area contributed by atoms with Gasteiger partial charge in [0.2, 0.25) is 5.91 Å². The first-order valence-corrected chi connectivity index (χ1v) is 7.28. The molecule has 18 heavy (non-hydrogen) atoms. The molecular formula is C14H29N3O. The van der Waals surface area contributed by atoms with Gasteiger partial charge in [0.15, 0.2) is 0 Å². The molecule has 1 fully saturated rings. The fraction of sp³-hybridized carbons (Fsp3) is 0.929. The summed E-state index contributed by atoms with van der Waals surface area (Å²) in [7, 11) is 2.14. The van der Waals surface area contributed by atoms with Crippen LogP contribution >= 0.6 is 0 Å². The number of nitrogens with zero attached hydrogens (tertiary/aromatic N) is 2. The lowest BCUT2D eigenvalue weighted by Gasteiger charge is -2.25. The summed E-state index contributed by atoms with van der Waals surface area (Å²) in [5.41, 5.74) is 0. The number of hydrogen-bond donors (Lipinski definition) is 1. The molecule has 0 bridgehead atoms. The van der Waals surface area contributed by atoms with Crippen LogP contribution in [0.3, 0.4) is 0 Å². The summed E-state index contributed by atoms with van der Waals surface area (Å²) in [5, 5.41) is 3.34. The number of amides is 1. The molecule has 1 heterocycles. The maximum atomic E-state index is 12.1. The second-order valence-corrected chi connectivity index (χ2v) is 5.45. The Labute approximate surface area is 112 Å². The molecule has 0 radical (unpaired) electrons. The van der Waals surface area contributed by atoms with E-state index in [0.29, 0.717) is 6.04 Å². The minimum Gasteiger partial charge on any atom is -0.341 e. The monoisotopic (exact) mass is 255 g/mol. The highest BCUT2D eigenvalue weighted by Gasteiger charge is 2.22. The highest BCUT2D eigenvalue weighted by atomic mass is 16.2. The van der Waals surface area contributed by atoms with E-state index in [1.807, 2.05) is 11.8 Å². The van der Waals surface area contributed by atoms with Crippen LogP contribution in [-0.4, -0.2) is 61.0 Å². The fourth-order valence-electron chi connectivity index (χ4n) is 2.29. The second-order valence-electron chi connectivity index (χ2n) is 5.45. The summed E-state index contributed by atoms with van der Waals surface area (Å²) in [4.78, 5) is 16.4. The van der Waals surface area contributed by atoms with Gasteiger partial charge in [0.1, 0.15) is 0 Å². The average molecular weight is 255 g/mol. The molecular weight excluding hydrogens is 226 g/mol. The van der Waals surface area contributed by atoms with Crippen molar-refractivity contribution < 1.29 is 4.79 Å². The van der Waals surface area contributed by atoms with Crippen molar-refractivity contribution >= 4 is 5.91 Å². The Bertz CT molecular complexity index is 251. The van der Waals surface area contributed by atoms with Crippen LogP contribution in [0.25, 0.3) is 0 Å². The van der Waals surface area contributed by atoms with Gasteiger partial charge in [-0.25, -0.2) is 0 Å². The van der Waals surface area contributed by atoms with Crippen LogP contribution in [0.15, 0.2) is 0 Å². The van der Waals surface area contributed by atoms with Crippen molar-refractivity contribution in [3.05, 3.63) is 0 Å². The lowest BCUT2D eigenvalue weighted by atomic mass is 10.2. The predicted octanol–water partition coefficient (Wildman–Crippen LogP) is 1.32. The van der Waals surface area contributed by atoms with Crippen molar-refractivity contribution in [2.24, 2.45) is 0 Å². The quantitative estimate of drug-likeness (QED) is 0.745. The molecule has 1 aliphatic heterocycles. The van der Waals surface area contributed by atoms with E-state index in [1.54, 1.807) is 0 Å². The van der Waals surface area contributed by atoms with Gasteiger partial charge in [-0.2, -0.15) is 0 Å². The number of nitrogens with one attached hydrogen (secondary N) is 1. The highest BCUT2D eigenvalue weighted by molar-refractivity contribution is 5.81. The van der Waals surface area contributed by atoms with Crippen molar-refractivity contribution in [2.45, 2.75) is 52.1 Å². The Hall–Kier alpha value is -0.610. The molecule has 1 aliphatic rings. The topological polar surface area (TPSA) is 35.6 Å². The minimum absolute atomic E-state index is 0.0477. The molecule has 4 nitrogen and oxygen atoms in total. The molecule has 1 rings (SSSR count). The fourth-order valence-corrected chi connectivity index (χ4v) is 2.29. The zero-order valence-electron chi connectivity index (χ0n) is 12.4. The molecule has 0 aromatic rings. The standard InChI is InChI=1S/C14H29N3O/c1-5-12(2)16(4)11-8-15-13(3)14(18)17-9-6-7-10-17/h12-13,15H,5-11H2,1-4H3. The van der Waals surface area contributed by atoms with Crippen LogP contribution < -0.4 is 5.32 Å². The molecule has 1 N–H and O–H groups in total. The highest BCUT2D eigenvalue weighted by Crippen LogP contribution is 2.08. The third-order valence-electron chi connectivity index (χ3n) is 4.05. The van der Waals surface area contributed by atoms with Crippen LogP contribution in [0.1, 0.15) is 40.0 Å². The largest absolute Gasteiger partial charge is 0.341 e. The smallest absolute Gasteiger partial charge is 0.239 e. The number of rotatable bonds is 7. The first kappa shape index (κ1) is 15.4. The van der Waals surface area contributed by atoms with E-state index < -0.39 is 0 Å². The first-order chi connectivity index (χ1) is 8.56. The molecule has 2 atom stereocenters. The van der Waals surface area contributed by atoms with E-state index in [2.05, 4.69) is 31.1 Å². The molecule has 0 saturated carbocycles. The van der Waals surface area contributed by atoms with E-state index in [0.717, 1.165) is 39.0 Å². The van der Waals surface area contributed by atoms with Crippen molar-refractivity contribution in [2.75, 3.05) is 33.2 Å². The van der Waals surface area contributed by atoms with Gasteiger partial charge in [-0.3, -0.25) is 4.79 Å². The van der Waals surface area contributed by atoms with E-state index >= 15 is 0 Å². The van der Waals surface area contributed by atoms with Gasteiger partial charge in [-0.1, -0.05) is 6.92 Å².